The number of para-hydroxylation sites is 2. The van der Waals surface area contributed by atoms with Crippen molar-refractivity contribution < 1.29 is 22.7 Å². The molecule has 1 aromatic heterocycles. The second-order valence-electron chi connectivity index (χ2n) is 4.33. The lowest BCUT2D eigenvalue weighted by molar-refractivity contribution is -0.141. The van der Waals surface area contributed by atoms with Crippen molar-refractivity contribution in [3.05, 3.63) is 40.3 Å². The van der Waals surface area contributed by atoms with Crippen molar-refractivity contribution >= 4 is 22.9 Å². The lowest BCUT2D eigenvalue weighted by atomic mass is 10.2. The molecule has 0 atom stereocenters. The van der Waals surface area contributed by atoms with Crippen LogP contribution in [0.4, 0.5) is 18.9 Å². The van der Waals surface area contributed by atoms with Crippen LogP contribution in [0, 0.1) is 0 Å². The van der Waals surface area contributed by atoms with Crippen LogP contribution in [0.3, 0.4) is 0 Å². The Labute approximate surface area is 128 Å². The number of ether oxygens (including phenoxy) is 1. The summed E-state index contributed by atoms with van der Waals surface area (Å²) in [4.78, 5) is 14.8. The maximum absolute atomic E-state index is 12.8. The van der Waals surface area contributed by atoms with Gasteiger partial charge < -0.3 is 10.1 Å². The minimum atomic E-state index is -4.66. The van der Waals surface area contributed by atoms with Gasteiger partial charge in [0, 0.05) is 0 Å². The summed E-state index contributed by atoms with van der Waals surface area (Å²) in [5.41, 5.74) is 0.140. The minimum Gasteiger partial charge on any atom is -0.491 e. The zero-order valence-electron chi connectivity index (χ0n) is 11.6. The summed E-state index contributed by atoms with van der Waals surface area (Å²) in [5.74, 6) is -0.446. The van der Waals surface area contributed by atoms with E-state index in [1.54, 1.807) is 24.3 Å². The highest BCUT2D eigenvalue weighted by Gasteiger charge is 2.38. The van der Waals surface area contributed by atoms with E-state index in [1.807, 2.05) is 6.92 Å². The molecule has 0 unspecified atom stereocenters. The Hall–Kier alpha value is -2.09. The SMILES string of the molecule is CCCOc1ccccc1NC(=O)c1scnc1C(F)(F)F. The fraction of sp³-hybridized carbons (Fsp3) is 0.286. The van der Waals surface area contributed by atoms with Crippen molar-refractivity contribution in [3.8, 4) is 5.75 Å². The maximum atomic E-state index is 12.8. The number of hydrogen-bond donors (Lipinski definition) is 1. The van der Waals surface area contributed by atoms with Gasteiger partial charge in [0.2, 0.25) is 0 Å². The molecule has 0 radical (unpaired) electrons. The lowest BCUT2D eigenvalue weighted by Crippen LogP contribution is -2.17. The summed E-state index contributed by atoms with van der Waals surface area (Å²) < 4.78 is 43.8. The first-order chi connectivity index (χ1) is 10.4. The molecule has 8 heteroatoms. The van der Waals surface area contributed by atoms with Gasteiger partial charge in [0.25, 0.3) is 5.91 Å². The normalized spacial score (nSPS) is 11.3. The molecule has 1 aromatic carbocycles. The van der Waals surface area contributed by atoms with Crippen molar-refractivity contribution in [2.24, 2.45) is 0 Å². The Morgan fingerprint density at radius 3 is 2.77 bits per heavy atom. The molecule has 0 aliphatic heterocycles. The minimum absolute atomic E-state index is 0.322. The van der Waals surface area contributed by atoms with Crippen LogP contribution in [0.15, 0.2) is 29.8 Å². The topological polar surface area (TPSA) is 51.2 Å². The number of nitrogens with zero attached hydrogens (tertiary/aromatic N) is 1. The van der Waals surface area contributed by atoms with Crippen LogP contribution in [0.1, 0.15) is 28.7 Å². The fourth-order valence-electron chi connectivity index (χ4n) is 1.70. The van der Waals surface area contributed by atoms with Crippen molar-refractivity contribution in [2.45, 2.75) is 19.5 Å². The summed E-state index contributed by atoms with van der Waals surface area (Å²) in [6, 6.07) is 6.58. The Morgan fingerprint density at radius 2 is 2.09 bits per heavy atom. The molecule has 1 N–H and O–H groups in total. The molecule has 0 aliphatic carbocycles. The Kier molecular flexibility index (Phi) is 5.02. The fourth-order valence-corrected chi connectivity index (χ4v) is 2.40. The van der Waals surface area contributed by atoms with Gasteiger partial charge in [-0.15, -0.1) is 11.3 Å². The molecule has 118 valence electrons. The van der Waals surface area contributed by atoms with Gasteiger partial charge >= 0.3 is 6.18 Å². The number of alkyl halides is 3. The highest BCUT2D eigenvalue weighted by atomic mass is 32.1. The van der Waals surface area contributed by atoms with Gasteiger partial charge in [0.05, 0.1) is 17.8 Å². The second kappa shape index (κ2) is 6.78. The molecule has 0 bridgehead atoms. The average Bonchev–Trinajstić information content (AvgIpc) is 2.96. The quantitative estimate of drug-likeness (QED) is 0.894. The van der Waals surface area contributed by atoms with E-state index in [1.165, 1.54) is 0 Å². The molecule has 4 nitrogen and oxygen atoms in total. The van der Waals surface area contributed by atoms with E-state index < -0.39 is 22.7 Å². The third-order valence-corrected chi connectivity index (χ3v) is 3.46. The largest absolute Gasteiger partial charge is 0.491 e. The van der Waals surface area contributed by atoms with E-state index in [0.29, 0.717) is 29.4 Å². The predicted octanol–water partition coefficient (Wildman–Crippen LogP) is 4.20. The number of nitrogens with one attached hydrogen (secondary N) is 1. The molecule has 0 saturated heterocycles. The number of hydrogen-bond acceptors (Lipinski definition) is 4. The van der Waals surface area contributed by atoms with Crippen molar-refractivity contribution in [1.29, 1.82) is 0 Å². The smallest absolute Gasteiger partial charge is 0.434 e. The Balaban J connectivity index is 2.21. The highest BCUT2D eigenvalue weighted by Crippen LogP contribution is 2.33. The number of benzene rings is 1. The third kappa shape index (κ3) is 3.76. The number of anilines is 1. The number of carbonyl (C=O) groups is 1. The number of rotatable bonds is 5. The van der Waals surface area contributed by atoms with Crippen LogP contribution < -0.4 is 10.1 Å². The Bertz CT molecular complexity index is 656. The summed E-state index contributed by atoms with van der Waals surface area (Å²) >= 11 is 0.644. The van der Waals surface area contributed by atoms with Gasteiger partial charge in [-0.05, 0) is 18.6 Å². The highest BCUT2D eigenvalue weighted by molar-refractivity contribution is 7.12. The number of amides is 1. The molecule has 0 fully saturated rings. The summed E-state index contributed by atoms with van der Waals surface area (Å²) in [6.45, 7) is 2.37. The van der Waals surface area contributed by atoms with Crippen LogP contribution in [-0.2, 0) is 6.18 Å². The zero-order chi connectivity index (χ0) is 16.2. The molecule has 0 spiro atoms. The van der Waals surface area contributed by atoms with Crippen LogP contribution in [0.25, 0.3) is 0 Å². The van der Waals surface area contributed by atoms with Gasteiger partial charge in [-0.2, -0.15) is 13.2 Å². The first kappa shape index (κ1) is 16.3. The maximum Gasteiger partial charge on any atom is 0.434 e. The van der Waals surface area contributed by atoms with E-state index >= 15 is 0 Å². The molecular weight excluding hydrogens is 317 g/mol. The molecular formula is C14H13F3N2O2S. The lowest BCUT2D eigenvalue weighted by Gasteiger charge is -2.12. The molecule has 0 aliphatic rings. The number of carbonyl (C=O) groups excluding carboxylic acids is 1. The van der Waals surface area contributed by atoms with Crippen LogP contribution in [-0.4, -0.2) is 17.5 Å². The van der Waals surface area contributed by atoms with Crippen LogP contribution in [0.5, 0.6) is 5.75 Å². The van der Waals surface area contributed by atoms with Gasteiger partial charge in [-0.1, -0.05) is 19.1 Å². The van der Waals surface area contributed by atoms with Crippen LogP contribution in [0.2, 0.25) is 0 Å². The van der Waals surface area contributed by atoms with Crippen molar-refractivity contribution in [3.63, 3.8) is 0 Å². The molecule has 2 rings (SSSR count). The van der Waals surface area contributed by atoms with E-state index in [0.717, 1.165) is 11.9 Å². The number of aromatic nitrogens is 1. The third-order valence-electron chi connectivity index (χ3n) is 2.64. The van der Waals surface area contributed by atoms with Gasteiger partial charge in [-0.25, -0.2) is 4.98 Å². The molecule has 22 heavy (non-hydrogen) atoms. The van der Waals surface area contributed by atoms with Gasteiger partial charge in [0.15, 0.2) is 5.69 Å². The molecule has 2 aromatic rings. The summed E-state index contributed by atoms with van der Waals surface area (Å²) in [6.07, 6.45) is -3.89. The average molecular weight is 330 g/mol. The summed E-state index contributed by atoms with van der Waals surface area (Å²) in [7, 11) is 0. The standard InChI is InChI=1S/C14H13F3N2O2S/c1-2-7-21-10-6-4-3-5-9(10)19-13(20)11-12(14(15,16)17)18-8-22-11/h3-6,8H,2,7H2,1H3,(H,19,20). The van der Waals surface area contributed by atoms with E-state index in [4.69, 9.17) is 4.74 Å². The molecule has 1 amide bonds. The van der Waals surface area contributed by atoms with Gasteiger partial charge in [0.1, 0.15) is 10.6 Å². The first-order valence-electron chi connectivity index (χ1n) is 6.47. The van der Waals surface area contributed by atoms with Crippen molar-refractivity contribution in [1.82, 2.24) is 4.98 Å². The van der Waals surface area contributed by atoms with E-state index in [9.17, 15) is 18.0 Å². The summed E-state index contributed by atoms with van der Waals surface area (Å²) in [5, 5.41) is 2.44. The van der Waals surface area contributed by atoms with Crippen LogP contribution >= 0.6 is 11.3 Å². The first-order valence-corrected chi connectivity index (χ1v) is 7.35. The number of halogens is 3. The molecule has 1 heterocycles. The zero-order valence-corrected chi connectivity index (χ0v) is 12.4. The monoisotopic (exact) mass is 330 g/mol. The predicted molar refractivity (Wildman–Crippen MR) is 77.3 cm³/mol. The van der Waals surface area contributed by atoms with E-state index in [2.05, 4.69) is 10.3 Å². The number of thiazole rings is 1. The second-order valence-corrected chi connectivity index (χ2v) is 5.18. The van der Waals surface area contributed by atoms with Gasteiger partial charge in [-0.3, -0.25) is 4.79 Å². The Morgan fingerprint density at radius 1 is 1.36 bits per heavy atom. The van der Waals surface area contributed by atoms with E-state index in [-0.39, 0.29) is 0 Å². The van der Waals surface area contributed by atoms with Crippen molar-refractivity contribution in [2.75, 3.05) is 11.9 Å². The molecule has 0 saturated carbocycles.